The van der Waals surface area contributed by atoms with Crippen LogP contribution in [-0.4, -0.2) is 26.4 Å². The van der Waals surface area contributed by atoms with Crippen molar-refractivity contribution in [2.24, 2.45) is 7.05 Å². The number of rotatable bonds is 7. The van der Waals surface area contributed by atoms with E-state index >= 15 is 0 Å². The molecule has 6 nitrogen and oxygen atoms in total. The third kappa shape index (κ3) is 5.22. The maximum absolute atomic E-state index is 12.2. The molecule has 1 heterocycles. The van der Waals surface area contributed by atoms with Crippen molar-refractivity contribution in [2.45, 2.75) is 44.4 Å². The van der Waals surface area contributed by atoms with E-state index in [9.17, 15) is 4.79 Å². The lowest BCUT2D eigenvalue weighted by atomic mass is 9.88. The van der Waals surface area contributed by atoms with Gasteiger partial charge in [-0.2, -0.15) is 0 Å². The fourth-order valence-corrected chi connectivity index (χ4v) is 4.60. The number of carbonyl (C=O) groups is 1. The van der Waals surface area contributed by atoms with Gasteiger partial charge < -0.3 is 14.6 Å². The van der Waals surface area contributed by atoms with Crippen molar-refractivity contribution in [1.82, 2.24) is 14.8 Å². The van der Waals surface area contributed by atoms with Gasteiger partial charge in [0.1, 0.15) is 12.4 Å². The molecule has 1 N–H and O–H groups in total. The normalized spacial score (nSPS) is 13.0. The highest BCUT2D eigenvalue weighted by atomic mass is 35.5. The Balaban J connectivity index is 1.33. The van der Waals surface area contributed by atoms with Crippen LogP contribution in [0, 0.1) is 6.92 Å². The number of halogens is 1. The molecule has 0 radical (unpaired) electrons. The lowest BCUT2D eigenvalue weighted by molar-refractivity contribution is -0.113. The van der Waals surface area contributed by atoms with Crippen LogP contribution in [0.15, 0.2) is 41.6 Å². The van der Waals surface area contributed by atoms with Crippen molar-refractivity contribution in [3.05, 3.63) is 63.9 Å². The molecule has 1 aliphatic rings. The van der Waals surface area contributed by atoms with E-state index in [1.807, 2.05) is 11.6 Å². The van der Waals surface area contributed by atoms with Crippen LogP contribution < -0.4 is 10.1 Å². The highest BCUT2D eigenvalue weighted by Gasteiger charge is 2.16. The zero-order chi connectivity index (χ0) is 21.8. The molecule has 1 amide bonds. The van der Waals surface area contributed by atoms with Gasteiger partial charge in [-0.05, 0) is 79.6 Å². The Kier molecular flexibility index (Phi) is 6.83. The van der Waals surface area contributed by atoms with Gasteiger partial charge in [-0.3, -0.25) is 4.79 Å². The molecule has 0 saturated carbocycles. The largest absolute Gasteiger partial charge is 0.485 e. The van der Waals surface area contributed by atoms with E-state index in [4.69, 9.17) is 16.3 Å². The first-order chi connectivity index (χ1) is 15.0. The Morgan fingerprint density at radius 2 is 1.94 bits per heavy atom. The number of amides is 1. The van der Waals surface area contributed by atoms with Gasteiger partial charge in [-0.1, -0.05) is 29.4 Å². The number of aryl methyl sites for hydroxylation is 1. The van der Waals surface area contributed by atoms with Crippen LogP contribution >= 0.6 is 23.4 Å². The van der Waals surface area contributed by atoms with Gasteiger partial charge in [0.2, 0.25) is 5.91 Å². The summed E-state index contributed by atoms with van der Waals surface area (Å²) in [5, 5.41) is 12.6. The summed E-state index contributed by atoms with van der Waals surface area (Å²) in [6.07, 6.45) is 4.80. The average Bonchev–Trinajstić information content (AvgIpc) is 3.13. The number of hydrogen-bond acceptors (Lipinski definition) is 5. The molecular formula is C23H25ClN4O2S. The van der Waals surface area contributed by atoms with Crippen molar-refractivity contribution in [1.29, 1.82) is 0 Å². The first-order valence-corrected chi connectivity index (χ1v) is 11.7. The van der Waals surface area contributed by atoms with Crippen molar-refractivity contribution in [3.63, 3.8) is 0 Å². The van der Waals surface area contributed by atoms with Gasteiger partial charge in [0.15, 0.2) is 11.0 Å². The number of benzene rings is 2. The number of nitrogens with zero attached hydrogens (tertiary/aromatic N) is 3. The first kappa shape index (κ1) is 21.7. The van der Waals surface area contributed by atoms with Crippen LogP contribution in [0.4, 0.5) is 5.69 Å². The summed E-state index contributed by atoms with van der Waals surface area (Å²) in [5.41, 5.74) is 4.82. The second kappa shape index (κ2) is 9.75. The van der Waals surface area contributed by atoms with E-state index in [2.05, 4.69) is 34.6 Å². The number of carbonyl (C=O) groups excluding carboxylic acids is 1. The van der Waals surface area contributed by atoms with E-state index in [1.54, 1.807) is 24.3 Å². The van der Waals surface area contributed by atoms with Crippen LogP contribution in [0.3, 0.4) is 0 Å². The van der Waals surface area contributed by atoms with Crippen LogP contribution in [0.1, 0.15) is 35.4 Å². The molecule has 0 fully saturated rings. The van der Waals surface area contributed by atoms with Crippen LogP contribution in [-0.2, 0) is 31.3 Å². The molecule has 2 aromatic carbocycles. The molecule has 3 aromatic rings. The van der Waals surface area contributed by atoms with E-state index in [-0.39, 0.29) is 11.7 Å². The first-order valence-electron chi connectivity index (χ1n) is 10.3. The fraction of sp³-hybridized carbons (Fsp3) is 0.348. The van der Waals surface area contributed by atoms with Gasteiger partial charge >= 0.3 is 0 Å². The average molecular weight is 457 g/mol. The van der Waals surface area contributed by atoms with Gasteiger partial charge in [0.05, 0.1) is 5.75 Å². The van der Waals surface area contributed by atoms with Crippen LogP contribution in [0.5, 0.6) is 5.75 Å². The maximum atomic E-state index is 12.2. The molecule has 0 bridgehead atoms. The molecule has 0 unspecified atom stereocenters. The third-order valence-corrected chi connectivity index (χ3v) is 6.78. The predicted molar refractivity (Wildman–Crippen MR) is 124 cm³/mol. The van der Waals surface area contributed by atoms with Crippen LogP contribution in [0.2, 0.25) is 5.02 Å². The lowest BCUT2D eigenvalue weighted by Gasteiger charge is -2.20. The van der Waals surface area contributed by atoms with Gasteiger partial charge in [0.25, 0.3) is 0 Å². The minimum absolute atomic E-state index is 0.113. The molecule has 4 rings (SSSR count). The summed E-state index contributed by atoms with van der Waals surface area (Å²) in [6.45, 7) is 2.47. The highest BCUT2D eigenvalue weighted by molar-refractivity contribution is 7.99. The van der Waals surface area contributed by atoms with Crippen molar-refractivity contribution in [2.75, 3.05) is 11.1 Å². The third-order valence-electron chi connectivity index (χ3n) is 5.51. The molecule has 0 atom stereocenters. The molecule has 0 saturated heterocycles. The standard InChI is InChI=1S/C23H25ClN4O2S/c1-15-19-6-4-3-5-16(19)7-12-20(15)30-13-21-26-27-23(28(21)2)31-14-22(29)25-18-10-8-17(24)9-11-18/h7-12H,3-6,13-14H2,1-2H3,(H,25,29). The number of ether oxygens (including phenoxy) is 1. The summed E-state index contributed by atoms with van der Waals surface area (Å²) >= 11 is 7.21. The van der Waals surface area contributed by atoms with E-state index in [1.165, 1.54) is 41.3 Å². The summed E-state index contributed by atoms with van der Waals surface area (Å²) in [5.74, 6) is 1.75. The van der Waals surface area contributed by atoms with Crippen molar-refractivity contribution < 1.29 is 9.53 Å². The Hall–Kier alpha value is -2.51. The second-order valence-electron chi connectivity index (χ2n) is 7.62. The number of anilines is 1. The number of thioether (sulfide) groups is 1. The highest BCUT2D eigenvalue weighted by Crippen LogP contribution is 2.31. The number of nitrogens with one attached hydrogen (secondary N) is 1. The Bertz CT molecular complexity index is 1080. The molecule has 8 heteroatoms. The Morgan fingerprint density at radius 3 is 2.74 bits per heavy atom. The summed E-state index contributed by atoms with van der Waals surface area (Å²) < 4.78 is 7.94. The van der Waals surface area contributed by atoms with Gasteiger partial charge in [-0.25, -0.2) is 0 Å². The monoisotopic (exact) mass is 456 g/mol. The molecule has 1 aliphatic carbocycles. The number of hydrogen-bond donors (Lipinski definition) is 1. The zero-order valence-electron chi connectivity index (χ0n) is 17.7. The van der Waals surface area contributed by atoms with Gasteiger partial charge in [-0.15, -0.1) is 10.2 Å². The number of fused-ring (bicyclic) bond motifs is 1. The Morgan fingerprint density at radius 1 is 1.16 bits per heavy atom. The molecule has 1 aromatic heterocycles. The molecule has 31 heavy (non-hydrogen) atoms. The molecule has 0 spiro atoms. The Labute approximate surface area is 191 Å². The minimum atomic E-state index is -0.113. The topological polar surface area (TPSA) is 69.0 Å². The van der Waals surface area contributed by atoms with Gasteiger partial charge in [0, 0.05) is 17.8 Å². The molecule has 162 valence electrons. The molecular weight excluding hydrogens is 432 g/mol. The van der Waals surface area contributed by atoms with Crippen molar-refractivity contribution >= 4 is 35.0 Å². The van der Waals surface area contributed by atoms with Crippen LogP contribution in [0.25, 0.3) is 0 Å². The number of aromatic nitrogens is 3. The SMILES string of the molecule is Cc1c(OCc2nnc(SCC(=O)Nc3ccc(Cl)cc3)n2C)ccc2c1CCCC2. The zero-order valence-corrected chi connectivity index (χ0v) is 19.2. The van der Waals surface area contributed by atoms with E-state index in [0.29, 0.717) is 22.5 Å². The maximum Gasteiger partial charge on any atom is 0.234 e. The second-order valence-corrected chi connectivity index (χ2v) is 9.00. The summed E-state index contributed by atoms with van der Waals surface area (Å²) in [7, 11) is 1.89. The smallest absolute Gasteiger partial charge is 0.234 e. The van der Waals surface area contributed by atoms with E-state index < -0.39 is 0 Å². The molecule has 0 aliphatic heterocycles. The van der Waals surface area contributed by atoms with E-state index in [0.717, 1.165) is 24.4 Å². The predicted octanol–water partition coefficient (Wildman–Crippen LogP) is 4.97. The van der Waals surface area contributed by atoms with Crippen molar-refractivity contribution in [3.8, 4) is 5.75 Å². The minimum Gasteiger partial charge on any atom is -0.485 e. The summed E-state index contributed by atoms with van der Waals surface area (Å²) in [4.78, 5) is 12.2. The lowest BCUT2D eigenvalue weighted by Crippen LogP contribution is -2.14. The summed E-state index contributed by atoms with van der Waals surface area (Å²) in [6, 6.07) is 11.3. The fourth-order valence-electron chi connectivity index (χ4n) is 3.75. The quantitative estimate of drug-likeness (QED) is 0.508.